The van der Waals surface area contributed by atoms with Gasteiger partial charge in [0.05, 0.1) is 12.6 Å². The quantitative estimate of drug-likeness (QED) is 0.576. The molecular formula is C19H18Cl3NO2. The van der Waals surface area contributed by atoms with Gasteiger partial charge in [-0.15, -0.1) is 12.4 Å². The average Bonchev–Trinajstić information content (AvgIpc) is 3.04. The van der Waals surface area contributed by atoms with Crippen molar-refractivity contribution in [2.75, 3.05) is 6.54 Å². The lowest BCUT2D eigenvalue weighted by molar-refractivity contribution is 0.173. The molecule has 1 atom stereocenters. The van der Waals surface area contributed by atoms with E-state index in [0.717, 1.165) is 16.9 Å². The molecule has 0 spiro atoms. The highest BCUT2D eigenvalue weighted by atomic mass is 35.5. The minimum Gasteiger partial charge on any atom is -0.460 e. The van der Waals surface area contributed by atoms with Crippen LogP contribution in [0, 0.1) is 0 Å². The summed E-state index contributed by atoms with van der Waals surface area (Å²) >= 11 is 12.0. The van der Waals surface area contributed by atoms with Crippen molar-refractivity contribution in [3.05, 3.63) is 82.0 Å². The molecule has 0 fully saturated rings. The maximum atomic E-state index is 10.1. The summed E-state index contributed by atoms with van der Waals surface area (Å²) in [6.45, 7) is 0.973. The molecule has 3 aromatic rings. The molecule has 0 saturated carbocycles. The molecule has 2 N–H and O–H groups in total. The minimum absolute atomic E-state index is 0. The van der Waals surface area contributed by atoms with Gasteiger partial charge >= 0.3 is 0 Å². The molecule has 0 saturated heterocycles. The maximum absolute atomic E-state index is 10.1. The highest BCUT2D eigenvalue weighted by Gasteiger charge is 2.09. The highest BCUT2D eigenvalue weighted by Crippen LogP contribution is 2.28. The number of halogens is 3. The van der Waals surface area contributed by atoms with Crippen molar-refractivity contribution in [3.63, 3.8) is 0 Å². The molecule has 0 radical (unpaired) electrons. The third-order valence-electron chi connectivity index (χ3n) is 3.63. The Kier molecular flexibility index (Phi) is 7.36. The molecule has 2 aromatic carbocycles. The Hall–Kier alpha value is -1.49. The topological polar surface area (TPSA) is 45.4 Å². The number of rotatable bonds is 6. The first-order chi connectivity index (χ1) is 11.6. The zero-order valence-electron chi connectivity index (χ0n) is 13.3. The van der Waals surface area contributed by atoms with Crippen LogP contribution in [0.2, 0.25) is 10.0 Å². The van der Waals surface area contributed by atoms with E-state index in [2.05, 4.69) is 5.32 Å². The van der Waals surface area contributed by atoms with Crippen LogP contribution >= 0.6 is 35.6 Å². The summed E-state index contributed by atoms with van der Waals surface area (Å²) in [6.07, 6.45) is -0.549. The number of nitrogens with one attached hydrogen (secondary N) is 1. The van der Waals surface area contributed by atoms with Gasteiger partial charge in [0.25, 0.3) is 0 Å². The van der Waals surface area contributed by atoms with Gasteiger partial charge in [0.2, 0.25) is 0 Å². The van der Waals surface area contributed by atoms with Crippen LogP contribution in [-0.4, -0.2) is 11.7 Å². The molecule has 0 aliphatic rings. The molecular weight excluding hydrogens is 381 g/mol. The zero-order valence-corrected chi connectivity index (χ0v) is 15.6. The van der Waals surface area contributed by atoms with Crippen LogP contribution in [0.15, 0.2) is 65.1 Å². The molecule has 3 rings (SSSR count). The summed E-state index contributed by atoms with van der Waals surface area (Å²) < 4.78 is 5.81. The second-order valence-electron chi connectivity index (χ2n) is 5.48. The van der Waals surface area contributed by atoms with Gasteiger partial charge in [-0.25, -0.2) is 0 Å². The molecule has 0 amide bonds. The normalized spacial score (nSPS) is 11.8. The zero-order chi connectivity index (χ0) is 16.9. The maximum Gasteiger partial charge on any atom is 0.134 e. The van der Waals surface area contributed by atoms with E-state index in [4.69, 9.17) is 27.6 Å². The molecule has 6 heteroatoms. The van der Waals surface area contributed by atoms with Crippen molar-refractivity contribution >= 4 is 35.6 Å². The van der Waals surface area contributed by atoms with Gasteiger partial charge in [-0.3, -0.25) is 0 Å². The smallest absolute Gasteiger partial charge is 0.134 e. The second kappa shape index (κ2) is 9.27. The van der Waals surface area contributed by atoms with E-state index in [1.54, 1.807) is 6.07 Å². The predicted molar refractivity (Wildman–Crippen MR) is 105 cm³/mol. The lowest BCUT2D eigenvalue weighted by Gasteiger charge is -2.11. The van der Waals surface area contributed by atoms with Crippen molar-refractivity contribution in [3.8, 4) is 11.3 Å². The summed E-state index contributed by atoms with van der Waals surface area (Å²) in [5.41, 5.74) is 1.72. The van der Waals surface area contributed by atoms with E-state index in [1.807, 2.05) is 54.6 Å². The molecule has 1 heterocycles. The fourth-order valence-electron chi connectivity index (χ4n) is 2.45. The van der Waals surface area contributed by atoms with Crippen molar-refractivity contribution in [1.29, 1.82) is 0 Å². The fraction of sp³-hybridized carbons (Fsp3) is 0.158. The van der Waals surface area contributed by atoms with Gasteiger partial charge in [-0.2, -0.15) is 0 Å². The van der Waals surface area contributed by atoms with Crippen LogP contribution in [0.3, 0.4) is 0 Å². The van der Waals surface area contributed by atoms with Gasteiger partial charge in [0, 0.05) is 22.2 Å². The molecule has 1 unspecified atom stereocenters. The fourth-order valence-corrected chi connectivity index (χ4v) is 2.98. The minimum atomic E-state index is -0.549. The number of benzene rings is 2. The van der Waals surface area contributed by atoms with Crippen LogP contribution in [0.4, 0.5) is 0 Å². The summed E-state index contributed by atoms with van der Waals surface area (Å²) in [5, 5.41) is 14.5. The van der Waals surface area contributed by atoms with Crippen LogP contribution in [0.1, 0.15) is 17.4 Å². The summed E-state index contributed by atoms with van der Waals surface area (Å²) in [7, 11) is 0. The standard InChI is InChI=1S/C19H17Cl2NO2.ClH/c20-15-8-14(9-16(21)10-15)19-7-6-17(24-19)11-22-12-18(23)13-4-2-1-3-5-13;/h1-10,18,22-23H,11-12H2;1H. The Morgan fingerprint density at radius 1 is 0.960 bits per heavy atom. The number of hydrogen-bond donors (Lipinski definition) is 2. The SMILES string of the molecule is Cl.OC(CNCc1ccc(-c2cc(Cl)cc(Cl)c2)o1)c1ccccc1. The first kappa shape index (κ1) is 19.8. The number of furan rings is 1. The van der Waals surface area contributed by atoms with Crippen molar-refractivity contribution in [2.24, 2.45) is 0 Å². The Balaban J connectivity index is 0.00000225. The first-order valence-electron chi connectivity index (χ1n) is 7.61. The second-order valence-corrected chi connectivity index (χ2v) is 6.35. The monoisotopic (exact) mass is 397 g/mol. The summed E-state index contributed by atoms with van der Waals surface area (Å²) in [5.74, 6) is 1.49. The van der Waals surface area contributed by atoms with Gasteiger partial charge in [0.1, 0.15) is 11.5 Å². The number of aliphatic hydroxyl groups excluding tert-OH is 1. The molecule has 3 nitrogen and oxygen atoms in total. The third kappa shape index (κ3) is 5.50. The van der Waals surface area contributed by atoms with Crippen molar-refractivity contribution in [2.45, 2.75) is 12.6 Å². The highest BCUT2D eigenvalue weighted by molar-refractivity contribution is 6.35. The van der Waals surface area contributed by atoms with Gasteiger partial charge in [-0.1, -0.05) is 53.5 Å². The number of hydrogen-bond acceptors (Lipinski definition) is 3. The molecule has 25 heavy (non-hydrogen) atoms. The van der Waals surface area contributed by atoms with Crippen molar-refractivity contribution in [1.82, 2.24) is 5.32 Å². The third-order valence-corrected chi connectivity index (χ3v) is 4.07. The van der Waals surface area contributed by atoms with E-state index in [9.17, 15) is 5.11 Å². The molecule has 1 aromatic heterocycles. The van der Waals surface area contributed by atoms with E-state index in [0.29, 0.717) is 28.9 Å². The van der Waals surface area contributed by atoms with E-state index in [1.165, 1.54) is 0 Å². The Morgan fingerprint density at radius 2 is 1.64 bits per heavy atom. The summed E-state index contributed by atoms with van der Waals surface area (Å²) in [6, 6.07) is 18.6. The van der Waals surface area contributed by atoms with Crippen molar-refractivity contribution < 1.29 is 9.52 Å². The largest absolute Gasteiger partial charge is 0.460 e. The van der Waals surface area contributed by atoms with E-state index >= 15 is 0 Å². The van der Waals surface area contributed by atoms with Crippen LogP contribution in [0.5, 0.6) is 0 Å². The molecule has 132 valence electrons. The lowest BCUT2D eigenvalue weighted by Crippen LogP contribution is -2.20. The molecule has 0 bridgehead atoms. The molecule has 0 aliphatic carbocycles. The van der Waals surface area contributed by atoms with E-state index < -0.39 is 6.10 Å². The summed E-state index contributed by atoms with van der Waals surface area (Å²) in [4.78, 5) is 0. The van der Waals surface area contributed by atoms with Crippen LogP contribution < -0.4 is 5.32 Å². The average molecular weight is 399 g/mol. The lowest BCUT2D eigenvalue weighted by atomic mass is 10.1. The van der Waals surface area contributed by atoms with E-state index in [-0.39, 0.29) is 12.4 Å². The Bertz CT molecular complexity index is 785. The Labute approximate surface area is 163 Å². The van der Waals surface area contributed by atoms with Gasteiger partial charge in [0.15, 0.2) is 0 Å². The Morgan fingerprint density at radius 3 is 2.32 bits per heavy atom. The predicted octanol–water partition coefficient (Wildman–Crippen LogP) is 5.50. The van der Waals surface area contributed by atoms with Gasteiger partial charge in [-0.05, 0) is 35.9 Å². The van der Waals surface area contributed by atoms with Gasteiger partial charge < -0.3 is 14.8 Å². The first-order valence-corrected chi connectivity index (χ1v) is 8.36. The van der Waals surface area contributed by atoms with Crippen LogP contribution in [0.25, 0.3) is 11.3 Å². The number of aliphatic hydroxyl groups is 1. The molecule has 0 aliphatic heterocycles. The van der Waals surface area contributed by atoms with Crippen LogP contribution in [-0.2, 0) is 6.54 Å².